The maximum Gasteiger partial charge on any atom is 0.0529 e. The second kappa shape index (κ2) is 5.92. The second-order valence-corrected chi connectivity index (χ2v) is 7.10. The van der Waals surface area contributed by atoms with Gasteiger partial charge < -0.3 is 0 Å². The van der Waals surface area contributed by atoms with Crippen molar-refractivity contribution in [3.05, 3.63) is 64.7 Å². The molecule has 1 atom stereocenters. The summed E-state index contributed by atoms with van der Waals surface area (Å²) in [6.07, 6.45) is 4.07. The maximum atomic E-state index is 12.3. The van der Waals surface area contributed by atoms with E-state index in [1.54, 1.807) is 0 Å². The first-order valence-corrected chi connectivity index (χ1v) is 8.66. The van der Waals surface area contributed by atoms with E-state index >= 15 is 0 Å². The van der Waals surface area contributed by atoms with Crippen molar-refractivity contribution in [2.45, 2.75) is 37.5 Å². The van der Waals surface area contributed by atoms with Gasteiger partial charge in [-0.15, -0.1) is 0 Å². The molecule has 4 bridgehead atoms. The Hall–Kier alpha value is -1.41. The van der Waals surface area contributed by atoms with Crippen molar-refractivity contribution in [1.82, 2.24) is 0 Å². The zero-order valence-corrected chi connectivity index (χ0v) is 12.7. The van der Waals surface area contributed by atoms with E-state index in [0.29, 0.717) is 5.75 Å². The quantitative estimate of drug-likeness (QED) is 0.822. The van der Waals surface area contributed by atoms with Crippen molar-refractivity contribution in [1.29, 1.82) is 0 Å². The molecule has 4 aliphatic carbocycles. The largest absolute Gasteiger partial charge is 0.254 e. The van der Waals surface area contributed by atoms with Gasteiger partial charge in [0.2, 0.25) is 0 Å². The topological polar surface area (TPSA) is 17.1 Å². The summed E-state index contributed by atoms with van der Waals surface area (Å²) in [4.78, 5) is 1.06. The van der Waals surface area contributed by atoms with Crippen LogP contribution in [0.2, 0.25) is 0 Å². The van der Waals surface area contributed by atoms with Crippen LogP contribution < -0.4 is 0 Å². The minimum atomic E-state index is -0.857. The third kappa shape index (κ3) is 2.85. The highest BCUT2D eigenvalue weighted by Crippen LogP contribution is 2.21. The summed E-state index contributed by atoms with van der Waals surface area (Å²) in [5.41, 5.74) is 5.30. The standard InChI is InChI=1S/C18H20OS/c1-2-20(19)18-13-16-8-7-14-3-5-15(6-4-14)9-11-17(18)12-10-16/h3-6,10,12-13H,2,7-9,11H2,1H3. The molecular weight excluding hydrogens is 264 g/mol. The van der Waals surface area contributed by atoms with E-state index in [1.807, 2.05) is 6.92 Å². The van der Waals surface area contributed by atoms with Gasteiger partial charge in [-0.1, -0.05) is 43.3 Å². The monoisotopic (exact) mass is 284 g/mol. The summed E-state index contributed by atoms with van der Waals surface area (Å²) in [6.45, 7) is 1.99. The molecule has 0 aromatic heterocycles. The summed E-state index contributed by atoms with van der Waals surface area (Å²) in [5.74, 6) is 0.699. The lowest BCUT2D eigenvalue weighted by molar-refractivity contribution is 0.682. The van der Waals surface area contributed by atoms with Gasteiger partial charge in [0, 0.05) is 10.6 Å². The molecule has 2 heteroatoms. The van der Waals surface area contributed by atoms with Gasteiger partial charge >= 0.3 is 0 Å². The smallest absolute Gasteiger partial charge is 0.0529 e. The van der Waals surface area contributed by atoms with Crippen molar-refractivity contribution in [3.63, 3.8) is 0 Å². The van der Waals surface area contributed by atoms with Gasteiger partial charge in [-0.3, -0.25) is 4.21 Å². The Bertz CT molecular complexity index is 628. The Kier molecular flexibility index (Phi) is 4.02. The zero-order valence-electron chi connectivity index (χ0n) is 11.9. The van der Waals surface area contributed by atoms with E-state index in [-0.39, 0.29) is 0 Å². The third-order valence-electron chi connectivity index (χ3n) is 4.05. The van der Waals surface area contributed by atoms with Gasteiger partial charge in [-0.05, 0) is 54.0 Å². The lowest BCUT2D eigenvalue weighted by Gasteiger charge is -2.13. The lowest BCUT2D eigenvalue weighted by atomic mass is 9.97. The molecule has 6 rings (SSSR count). The summed E-state index contributed by atoms with van der Waals surface area (Å²) < 4.78 is 12.3. The predicted octanol–water partition coefficient (Wildman–Crippen LogP) is 3.70. The number of aryl methyl sites for hydroxylation is 4. The third-order valence-corrected chi connectivity index (χ3v) is 5.44. The molecule has 0 saturated heterocycles. The molecule has 4 aliphatic rings. The van der Waals surface area contributed by atoms with Gasteiger partial charge in [-0.2, -0.15) is 0 Å². The number of rotatable bonds is 2. The Morgan fingerprint density at radius 3 is 2.05 bits per heavy atom. The van der Waals surface area contributed by atoms with E-state index in [0.717, 1.165) is 30.6 Å². The minimum Gasteiger partial charge on any atom is -0.254 e. The van der Waals surface area contributed by atoms with Crippen LogP contribution in [-0.2, 0) is 36.5 Å². The predicted molar refractivity (Wildman–Crippen MR) is 84.6 cm³/mol. The van der Waals surface area contributed by atoms with Crippen LogP contribution in [0.25, 0.3) is 0 Å². The van der Waals surface area contributed by atoms with Gasteiger partial charge in [0.25, 0.3) is 0 Å². The highest BCUT2D eigenvalue weighted by atomic mass is 32.2. The van der Waals surface area contributed by atoms with Crippen LogP contribution in [0.5, 0.6) is 0 Å². The fourth-order valence-corrected chi connectivity index (χ4v) is 3.83. The molecule has 0 heterocycles. The van der Waals surface area contributed by atoms with Crippen LogP contribution in [0, 0.1) is 0 Å². The van der Waals surface area contributed by atoms with Gasteiger partial charge in [0.15, 0.2) is 0 Å². The highest BCUT2D eigenvalue weighted by Gasteiger charge is 2.11. The van der Waals surface area contributed by atoms with Crippen LogP contribution in [-0.4, -0.2) is 9.96 Å². The van der Waals surface area contributed by atoms with Gasteiger partial charge in [0.05, 0.1) is 10.8 Å². The summed E-state index contributed by atoms with van der Waals surface area (Å²) in [6, 6.07) is 15.5. The van der Waals surface area contributed by atoms with Crippen molar-refractivity contribution in [2.24, 2.45) is 0 Å². The molecule has 0 saturated carbocycles. The first-order chi connectivity index (χ1) is 9.76. The van der Waals surface area contributed by atoms with E-state index in [4.69, 9.17) is 0 Å². The van der Waals surface area contributed by atoms with E-state index < -0.39 is 10.8 Å². The normalized spacial score (nSPS) is 15.7. The van der Waals surface area contributed by atoms with Crippen molar-refractivity contribution in [2.75, 3.05) is 5.75 Å². The molecule has 20 heavy (non-hydrogen) atoms. The Labute approximate surface area is 123 Å². The Morgan fingerprint density at radius 2 is 1.40 bits per heavy atom. The molecule has 2 aromatic carbocycles. The summed E-state index contributed by atoms with van der Waals surface area (Å²) in [5, 5.41) is 0. The van der Waals surface area contributed by atoms with E-state index in [1.165, 1.54) is 22.3 Å². The number of hydrogen-bond donors (Lipinski definition) is 0. The summed E-state index contributed by atoms with van der Waals surface area (Å²) in [7, 11) is -0.857. The van der Waals surface area contributed by atoms with E-state index in [9.17, 15) is 4.21 Å². The molecule has 0 radical (unpaired) electrons. The van der Waals surface area contributed by atoms with Crippen molar-refractivity contribution >= 4 is 10.8 Å². The Morgan fingerprint density at radius 1 is 0.850 bits per heavy atom. The molecule has 0 fully saturated rings. The molecule has 0 spiro atoms. The highest BCUT2D eigenvalue weighted by molar-refractivity contribution is 7.85. The fraction of sp³-hybridized carbons (Fsp3) is 0.333. The molecule has 104 valence electrons. The second-order valence-electron chi connectivity index (χ2n) is 5.39. The molecule has 0 N–H and O–H groups in total. The van der Waals surface area contributed by atoms with E-state index in [2.05, 4.69) is 42.5 Å². The fourth-order valence-electron chi connectivity index (χ4n) is 2.77. The van der Waals surface area contributed by atoms with Gasteiger partial charge in [0.1, 0.15) is 0 Å². The number of hydrogen-bond acceptors (Lipinski definition) is 1. The minimum absolute atomic E-state index is 0.699. The van der Waals surface area contributed by atoms with Crippen LogP contribution in [0.4, 0.5) is 0 Å². The van der Waals surface area contributed by atoms with Crippen LogP contribution in [0.3, 0.4) is 0 Å². The summed E-state index contributed by atoms with van der Waals surface area (Å²) >= 11 is 0. The average Bonchev–Trinajstić information content (AvgIpc) is 2.49. The molecule has 1 unspecified atom stereocenters. The Balaban J connectivity index is 2.01. The SMILES string of the molecule is CCS(=O)c1cc2ccc1CCc1ccc(cc1)CC2. The molecule has 1 nitrogen and oxygen atoms in total. The van der Waals surface area contributed by atoms with Crippen LogP contribution in [0.15, 0.2) is 47.4 Å². The van der Waals surface area contributed by atoms with Crippen molar-refractivity contribution in [3.8, 4) is 0 Å². The van der Waals surface area contributed by atoms with Gasteiger partial charge in [-0.25, -0.2) is 0 Å². The molecular formula is C18H20OS. The molecule has 2 aromatic rings. The lowest BCUT2D eigenvalue weighted by Crippen LogP contribution is -2.04. The van der Waals surface area contributed by atoms with Crippen LogP contribution >= 0.6 is 0 Å². The maximum absolute atomic E-state index is 12.3. The van der Waals surface area contributed by atoms with Crippen LogP contribution in [0.1, 0.15) is 29.2 Å². The van der Waals surface area contributed by atoms with Crippen molar-refractivity contribution < 1.29 is 4.21 Å². The molecule has 0 aliphatic heterocycles. The average molecular weight is 284 g/mol. The molecule has 0 amide bonds. The number of benzene rings is 2. The first-order valence-electron chi connectivity index (χ1n) is 7.34. The zero-order chi connectivity index (χ0) is 13.9. The first kappa shape index (κ1) is 13.6.